The monoisotopic (exact) mass is 267 g/mol. The van der Waals surface area contributed by atoms with Crippen LogP contribution in [0.3, 0.4) is 0 Å². The van der Waals surface area contributed by atoms with E-state index in [-0.39, 0.29) is 23.8 Å². The minimum Gasteiger partial charge on any atom is -0.353 e. The second-order valence-electron chi connectivity index (χ2n) is 4.80. The van der Waals surface area contributed by atoms with Gasteiger partial charge in [-0.15, -0.1) is 11.6 Å². The van der Waals surface area contributed by atoms with Crippen molar-refractivity contribution in [1.82, 2.24) is 5.32 Å². The van der Waals surface area contributed by atoms with Crippen molar-refractivity contribution in [2.75, 3.05) is 5.88 Å². The Labute approximate surface area is 115 Å². The number of carbonyl (C=O) groups excluding carboxylic acids is 1. The molecule has 0 spiro atoms. The van der Waals surface area contributed by atoms with Crippen molar-refractivity contribution in [1.29, 1.82) is 0 Å². The van der Waals surface area contributed by atoms with E-state index >= 15 is 0 Å². The van der Waals surface area contributed by atoms with Gasteiger partial charge in [-0.1, -0.05) is 44.2 Å². The van der Waals surface area contributed by atoms with Gasteiger partial charge in [0, 0.05) is 11.9 Å². The van der Waals surface area contributed by atoms with Crippen LogP contribution in [0.4, 0.5) is 0 Å². The first-order valence-corrected chi connectivity index (χ1v) is 7.04. The van der Waals surface area contributed by atoms with Crippen LogP contribution in [0.1, 0.15) is 38.7 Å². The minimum atomic E-state index is -0.0730. The lowest BCUT2D eigenvalue weighted by Gasteiger charge is -2.23. The van der Waals surface area contributed by atoms with Gasteiger partial charge in [0.05, 0.1) is 5.92 Å². The van der Waals surface area contributed by atoms with Crippen LogP contribution in [0, 0.1) is 5.92 Å². The van der Waals surface area contributed by atoms with E-state index in [2.05, 4.69) is 5.32 Å². The summed E-state index contributed by atoms with van der Waals surface area (Å²) in [5.41, 5.74) is 1.07. The molecule has 0 fully saturated rings. The lowest BCUT2D eigenvalue weighted by Crippen LogP contribution is -2.40. The number of alkyl halides is 1. The fourth-order valence-corrected chi connectivity index (χ4v) is 2.13. The zero-order chi connectivity index (χ0) is 13.5. The number of rotatable bonds is 6. The summed E-state index contributed by atoms with van der Waals surface area (Å²) in [5.74, 6) is 0.858. The summed E-state index contributed by atoms with van der Waals surface area (Å²) in [7, 11) is 0. The lowest BCUT2D eigenvalue weighted by molar-refractivity contribution is -0.123. The lowest BCUT2D eigenvalue weighted by atomic mass is 9.94. The van der Waals surface area contributed by atoms with E-state index in [9.17, 15) is 4.79 Å². The fourth-order valence-electron chi connectivity index (χ4n) is 1.86. The van der Waals surface area contributed by atoms with Gasteiger partial charge in [0.25, 0.3) is 0 Å². The van der Waals surface area contributed by atoms with E-state index in [0.29, 0.717) is 5.88 Å². The Kier molecular flexibility index (Phi) is 6.20. The van der Waals surface area contributed by atoms with E-state index in [0.717, 1.165) is 12.0 Å². The molecule has 3 heteroatoms. The summed E-state index contributed by atoms with van der Waals surface area (Å²) < 4.78 is 0. The molecule has 0 heterocycles. The molecule has 0 radical (unpaired) electrons. The molecule has 100 valence electrons. The van der Waals surface area contributed by atoms with Gasteiger partial charge in [-0.05, 0) is 24.8 Å². The third-order valence-electron chi connectivity index (χ3n) is 3.39. The van der Waals surface area contributed by atoms with E-state index < -0.39 is 0 Å². The van der Waals surface area contributed by atoms with Gasteiger partial charge in [0.2, 0.25) is 5.91 Å². The second kappa shape index (κ2) is 7.42. The van der Waals surface area contributed by atoms with Crippen LogP contribution in [0.25, 0.3) is 0 Å². The van der Waals surface area contributed by atoms with Crippen molar-refractivity contribution in [2.45, 2.75) is 39.2 Å². The Bertz CT molecular complexity index is 366. The molecule has 0 bridgehead atoms. The van der Waals surface area contributed by atoms with Crippen LogP contribution in [0.5, 0.6) is 0 Å². The zero-order valence-electron chi connectivity index (χ0n) is 11.3. The molecular formula is C15H22ClNO. The van der Waals surface area contributed by atoms with Gasteiger partial charge in [-0.3, -0.25) is 4.79 Å². The standard InChI is InChI=1S/C15H22ClNO/c1-4-14(13-8-6-5-7-9-13)15(18)17-12(3)11(2)10-16/h5-9,11-12,14H,4,10H2,1-3H3,(H,17,18). The van der Waals surface area contributed by atoms with Gasteiger partial charge in [-0.25, -0.2) is 0 Å². The highest BCUT2D eigenvalue weighted by Crippen LogP contribution is 2.20. The molecule has 1 aromatic carbocycles. The third-order valence-corrected chi connectivity index (χ3v) is 3.88. The molecule has 0 aliphatic heterocycles. The second-order valence-corrected chi connectivity index (χ2v) is 5.11. The Balaban J connectivity index is 2.69. The molecule has 1 N–H and O–H groups in total. The van der Waals surface area contributed by atoms with Crippen molar-refractivity contribution in [3.63, 3.8) is 0 Å². The van der Waals surface area contributed by atoms with Crippen molar-refractivity contribution >= 4 is 17.5 Å². The van der Waals surface area contributed by atoms with Crippen LogP contribution < -0.4 is 5.32 Å². The Morgan fingerprint density at radius 3 is 2.39 bits per heavy atom. The number of hydrogen-bond donors (Lipinski definition) is 1. The molecule has 0 saturated carbocycles. The average molecular weight is 268 g/mol. The number of amides is 1. The first kappa shape index (κ1) is 15.0. The molecule has 0 aromatic heterocycles. The van der Waals surface area contributed by atoms with Crippen molar-refractivity contribution < 1.29 is 4.79 Å². The summed E-state index contributed by atoms with van der Waals surface area (Å²) in [4.78, 5) is 12.3. The van der Waals surface area contributed by atoms with Crippen molar-refractivity contribution in [3.05, 3.63) is 35.9 Å². The normalized spacial score (nSPS) is 15.8. The van der Waals surface area contributed by atoms with Crippen LogP contribution in [-0.2, 0) is 4.79 Å². The fraction of sp³-hybridized carbons (Fsp3) is 0.533. The van der Waals surface area contributed by atoms with Gasteiger partial charge < -0.3 is 5.32 Å². The smallest absolute Gasteiger partial charge is 0.227 e. The van der Waals surface area contributed by atoms with E-state index in [4.69, 9.17) is 11.6 Å². The van der Waals surface area contributed by atoms with E-state index in [1.807, 2.05) is 51.1 Å². The van der Waals surface area contributed by atoms with Gasteiger partial charge >= 0.3 is 0 Å². The predicted molar refractivity (Wildman–Crippen MR) is 77.0 cm³/mol. The number of benzene rings is 1. The minimum absolute atomic E-state index is 0.0730. The molecular weight excluding hydrogens is 246 g/mol. The first-order chi connectivity index (χ1) is 8.60. The summed E-state index contributed by atoms with van der Waals surface area (Å²) in [6.45, 7) is 6.08. The van der Waals surface area contributed by atoms with Gasteiger partial charge in [0.15, 0.2) is 0 Å². The summed E-state index contributed by atoms with van der Waals surface area (Å²) in [6, 6.07) is 10.0. The third kappa shape index (κ3) is 4.02. The maximum atomic E-state index is 12.3. The maximum absolute atomic E-state index is 12.3. The molecule has 2 nitrogen and oxygen atoms in total. The Morgan fingerprint density at radius 2 is 1.89 bits per heavy atom. The van der Waals surface area contributed by atoms with Gasteiger partial charge in [-0.2, -0.15) is 0 Å². The molecule has 1 rings (SSSR count). The molecule has 18 heavy (non-hydrogen) atoms. The number of hydrogen-bond acceptors (Lipinski definition) is 1. The maximum Gasteiger partial charge on any atom is 0.227 e. The first-order valence-electron chi connectivity index (χ1n) is 6.51. The highest BCUT2D eigenvalue weighted by Gasteiger charge is 2.21. The molecule has 3 unspecified atom stereocenters. The molecule has 1 aromatic rings. The predicted octanol–water partition coefficient (Wildman–Crippen LogP) is 3.56. The highest BCUT2D eigenvalue weighted by atomic mass is 35.5. The Morgan fingerprint density at radius 1 is 1.28 bits per heavy atom. The van der Waals surface area contributed by atoms with Crippen LogP contribution in [0.15, 0.2) is 30.3 Å². The molecule has 0 aliphatic rings. The molecule has 1 amide bonds. The zero-order valence-corrected chi connectivity index (χ0v) is 12.1. The largest absolute Gasteiger partial charge is 0.353 e. The van der Waals surface area contributed by atoms with Crippen molar-refractivity contribution in [3.8, 4) is 0 Å². The summed E-state index contributed by atoms with van der Waals surface area (Å²) >= 11 is 5.81. The Hall–Kier alpha value is -1.02. The SMILES string of the molecule is CCC(C(=O)NC(C)C(C)CCl)c1ccccc1. The van der Waals surface area contributed by atoms with E-state index in [1.54, 1.807) is 0 Å². The average Bonchev–Trinajstić information content (AvgIpc) is 2.39. The number of halogens is 1. The van der Waals surface area contributed by atoms with E-state index in [1.165, 1.54) is 0 Å². The van der Waals surface area contributed by atoms with Crippen LogP contribution in [-0.4, -0.2) is 17.8 Å². The highest BCUT2D eigenvalue weighted by molar-refractivity contribution is 6.18. The molecule has 0 aliphatic carbocycles. The van der Waals surface area contributed by atoms with Crippen LogP contribution in [0.2, 0.25) is 0 Å². The molecule has 0 saturated heterocycles. The number of nitrogens with one attached hydrogen (secondary N) is 1. The summed E-state index contributed by atoms with van der Waals surface area (Å²) in [6.07, 6.45) is 0.803. The summed E-state index contributed by atoms with van der Waals surface area (Å²) in [5, 5.41) is 3.06. The van der Waals surface area contributed by atoms with Gasteiger partial charge in [0.1, 0.15) is 0 Å². The quantitative estimate of drug-likeness (QED) is 0.785. The number of carbonyl (C=O) groups is 1. The van der Waals surface area contributed by atoms with Crippen molar-refractivity contribution in [2.24, 2.45) is 5.92 Å². The van der Waals surface area contributed by atoms with Crippen LogP contribution >= 0.6 is 11.6 Å². The molecule has 3 atom stereocenters. The topological polar surface area (TPSA) is 29.1 Å².